The Balaban J connectivity index is 0.00000264. The van der Waals surface area contributed by atoms with E-state index < -0.39 is 0 Å². The predicted octanol–water partition coefficient (Wildman–Crippen LogP) is 2.49. The first-order valence-corrected chi connectivity index (χ1v) is 6.97. The van der Waals surface area contributed by atoms with Crippen LogP contribution in [0.5, 0.6) is 11.5 Å². The quantitative estimate of drug-likeness (QED) is 0.667. The van der Waals surface area contributed by atoms with Crippen molar-refractivity contribution in [2.45, 2.75) is 19.3 Å². The van der Waals surface area contributed by atoms with Crippen LogP contribution in [-0.4, -0.2) is 28.4 Å². The molecule has 0 unspecified atom stereocenters. The summed E-state index contributed by atoms with van der Waals surface area (Å²) in [6.45, 7) is 0.00887. The molecule has 6 nitrogen and oxygen atoms in total. The number of aromatic nitrogens is 2. The van der Waals surface area contributed by atoms with Gasteiger partial charge in [0.15, 0.2) is 11.5 Å². The molecular formula is C15H20ClFN4O2. The lowest BCUT2D eigenvalue weighted by atomic mass is 10.1. The van der Waals surface area contributed by atoms with Crippen LogP contribution in [0.25, 0.3) is 0 Å². The van der Waals surface area contributed by atoms with Crippen molar-refractivity contribution in [1.29, 1.82) is 0 Å². The number of hydrogen-bond acceptors (Lipinski definition) is 6. The van der Waals surface area contributed by atoms with Gasteiger partial charge in [0.2, 0.25) is 5.95 Å². The molecule has 0 aliphatic carbocycles. The molecule has 23 heavy (non-hydrogen) atoms. The largest absolute Gasteiger partial charge is 0.504 e. The Morgan fingerprint density at radius 3 is 2.65 bits per heavy atom. The van der Waals surface area contributed by atoms with Gasteiger partial charge in [-0.3, -0.25) is 4.39 Å². The van der Waals surface area contributed by atoms with Crippen LogP contribution >= 0.6 is 12.4 Å². The number of phenolic OH excluding ortho intramolecular Hbond substituents is 1. The van der Waals surface area contributed by atoms with E-state index in [0.29, 0.717) is 37.4 Å². The normalized spacial score (nSPS) is 10.1. The number of anilines is 2. The van der Waals surface area contributed by atoms with Crippen LogP contribution in [0.1, 0.15) is 24.0 Å². The van der Waals surface area contributed by atoms with Gasteiger partial charge in [0.1, 0.15) is 5.82 Å². The molecule has 0 aliphatic heterocycles. The van der Waals surface area contributed by atoms with Crippen LogP contribution in [0, 0.1) is 0 Å². The minimum Gasteiger partial charge on any atom is -0.504 e. The van der Waals surface area contributed by atoms with E-state index in [1.807, 2.05) is 6.07 Å². The Kier molecular flexibility index (Phi) is 7.34. The molecule has 0 amide bonds. The fourth-order valence-electron chi connectivity index (χ4n) is 1.96. The Morgan fingerprint density at radius 2 is 2.00 bits per heavy atom. The summed E-state index contributed by atoms with van der Waals surface area (Å²) >= 11 is 0. The van der Waals surface area contributed by atoms with Gasteiger partial charge in [0, 0.05) is 18.2 Å². The van der Waals surface area contributed by atoms with Crippen molar-refractivity contribution in [3.63, 3.8) is 0 Å². The number of aromatic hydroxyl groups is 1. The number of nitrogen functional groups attached to an aromatic ring is 2. The third-order valence-corrected chi connectivity index (χ3v) is 3.12. The molecule has 0 fully saturated rings. The van der Waals surface area contributed by atoms with Crippen LogP contribution in [0.15, 0.2) is 24.4 Å². The van der Waals surface area contributed by atoms with Crippen LogP contribution < -0.4 is 16.2 Å². The fraction of sp³-hybridized carbons (Fsp3) is 0.333. The summed E-state index contributed by atoms with van der Waals surface area (Å²) in [5, 5.41) is 9.96. The van der Waals surface area contributed by atoms with Gasteiger partial charge in [-0.05, 0) is 30.5 Å². The van der Waals surface area contributed by atoms with E-state index in [-0.39, 0.29) is 30.8 Å². The zero-order chi connectivity index (χ0) is 15.9. The maximum Gasteiger partial charge on any atom is 0.221 e. The van der Waals surface area contributed by atoms with Gasteiger partial charge in [0.05, 0.1) is 13.3 Å². The standard InChI is InChI=1S/C15H19FN4O2.ClH/c16-5-1-2-6-22-13-4-3-10(8-12(13)21)7-11-9-19-15(18)20-14(11)17;/h3-4,8-9,21H,1-2,5-7H2,(H4,17,18,19,20);1H. The topological polar surface area (TPSA) is 107 Å². The molecule has 0 spiro atoms. The first-order valence-electron chi connectivity index (χ1n) is 6.97. The Morgan fingerprint density at radius 1 is 1.22 bits per heavy atom. The number of alkyl halides is 1. The highest BCUT2D eigenvalue weighted by atomic mass is 35.5. The number of halogens is 2. The van der Waals surface area contributed by atoms with Crippen LogP contribution in [0.4, 0.5) is 16.2 Å². The highest BCUT2D eigenvalue weighted by Gasteiger charge is 2.08. The molecule has 2 aromatic rings. The molecule has 1 aromatic carbocycles. The highest BCUT2D eigenvalue weighted by Crippen LogP contribution is 2.28. The van der Waals surface area contributed by atoms with Crippen molar-refractivity contribution in [2.24, 2.45) is 0 Å². The average Bonchev–Trinajstić information content (AvgIpc) is 2.48. The van der Waals surface area contributed by atoms with Crippen molar-refractivity contribution < 1.29 is 14.2 Å². The zero-order valence-corrected chi connectivity index (χ0v) is 13.4. The van der Waals surface area contributed by atoms with Crippen molar-refractivity contribution >= 4 is 24.2 Å². The summed E-state index contributed by atoms with van der Waals surface area (Å²) < 4.78 is 17.4. The summed E-state index contributed by atoms with van der Waals surface area (Å²) in [5.41, 5.74) is 12.8. The average molecular weight is 343 g/mol. The van der Waals surface area contributed by atoms with Crippen LogP contribution in [0.3, 0.4) is 0 Å². The lowest BCUT2D eigenvalue weighted by Gasteiger charge is -2.10. The number of phenols is 1. The summed E-state index contributed by atoms with van der Waals surface area (Å²) in [6.07, 6.45) is 3.10. The molecule has 8 heteroatoms. The molecule has 0 saturated heterocycles. The first kappa shape index (κ1) is 18.8. The summed E-state index contributed by atoms with van der Waals surface area (Å²) in [7, 11) is 0. The van der Waals surface area contributed by atoms with Crippen molar-refractivity contribution in [1.82, 2.24) is 9.97 Å². The van der Waals surface area contributed by atoms with E-state index in [4.69, 9.17) is 16.2 Å². The number of nitrogens with zero attached hydrogens (tertiary/aromatic N) is 2. The number of benzene rings is 1. The zero-order valence-electron chi connectivity index (χ0n) is 12.5. The van der Waals surface area contributed by atoms with E-state index in [1.54, 1.807) is 18.3 Å². The van der Waals surface area contributed by atoms with Gasteiger partial charge in [-0.1, -0.05) is 6.07 Å². The van der Waals surface area contributed by atoms with E-state index in [0.717, 1.165) is 11.1 Å². The van der Waals surface area contributed by atoms with Gasteiger partial charge >= 0.3 is 0 Å². The highest BCUT2D eigenvalue weighted by molar-refractivity contribution is 5.85. The smallest absolute Gasteiger partial charge is 0.221 e. The number of unbranched alkanes of at least 4 members (excludes halogenated alkanes) is 1. The van der Waals surface area contributed by atoms with E-state index in [1.165, 1.54) is 0 Å². The SMILES string of the molecule is Cl.Nc1ncc(Cc2ccc(OCCCCF)c(O)c2)c(N)n1. The third kappa shape index (κ3) is 5.45. The molecule has 0 aliphatic rings. The number of hydrogen-bond donors (Lipinski definition) is 3. The summed E-state index contributed by atoms with van der Waals surface area (Å²) in [4.78, 5) is 7.80. The molecule has 126 valence electrons. The molecule has 1 aromatic heterocycles. The van der Waals surface area contributed by atoms with E-state index in [9.17, 15) is 9.50 Å². The van der Waals surface area contributed by atoms with Crippen molar-refractivity contribution in [3.05, 3.63) is 35.5 Å². The van der Waals surface area contributed by atoms with Gasteiger partial charge < -0.3 is 21.3 Å². The van der Waals surface area contributed by atoms with Gasteiger partial charge in [-0.15, -0.1) is 12.4 Å². The third-order valence-electron chi connectivity index (χ3n) is 3.12. The number of ether oxygens (including phenoxy) is 1. The van der Waals surface area contributed by atoms with Crippen LogP contribution in [-0.2, 0) is 6.42 Å². The van der Waals surface area contributed by atoms with E-state index >= 15 is 0 Å². The van der Waals surface area contributed by atoms with Crippen molar-refractivity contribution in [2.75, 3.05) is 24.7 Å². The summed E-state index contributed by atoms with van der Waals surface area (Å²) in [6, 6.07) is 5.09. The molecule has 0 bridgehead atoms. The predicted molar refractivity (Wildman–Crippen MR) is 89.7 cm³/mol. The number of nitrogens with two attached hydrogens (primary N) is 2. The fourth-order valence-corrected chi connectivity index (χ4v) is 1.96. The van der Waals surface area contributed by atoms with Crippen LogP contribution in [0.2, 0.25) is 0 Å². The second-order valence-corrected chi connectivity index (χ2v) is 4.86. The Bertz CT molecular complexity index is 643. The van der Waals surface area contributed by atoms with E-state index in [2.05, 4.69) is 9.97 Å². The Hall–Kier alpha value is -2.28. The molecule has 0 radical (unpaired) electrons. The maximum absolute atomic E-state index is 12.0. The lowest BCUT2D eigenvalue weighted by Crippen LogP contribution is -2.04. The minimum atomic E-state index is -0.362. The van der Waals surface area contributed by atoms with Gasteiger partial charge in [-0.2, -0.15) is 4.98 Å². The molecular weight excluding hydrogens is 323 g/mol. The molecule has 0 atom stereocenters. The Labute approximate surface area is 140 Å². The second-order valence-electron chi connectivity index (χ2n) is 4.86. The molecule has 2 rings (SSSR count). The second kappa shape index (κ2) is 8.99. The van der Waals surface area contributed by atoms with Gasteiger partial charge in [0.25, 0.3) is 0 Å². The van der Waals surface area contributed by atoms with Crippen molar-refractivity contribution in [3.8, 4) is 11.5 Å². The molecule has 5 N–H and O–H groups in total. The lowest BCUT2D eigenvalue weighted by molar-refractivity contribution is 0.283. The first-order chi connectivity index (χ1) is 10.6. The molecule has 0 saturated carbocycles. The number of rotatable bonds is 7. The monoisotopic (exact) mass is 342 g/mol. The maximum atomic E-state index is 12.0. The minimum absolute atomic E-state index is 0. The summed E-state index contributed by atoms with van der Waals surface area (Å²) in [5.74, 6) is 0.858. The van der Waals surface area contributed by atoms with Gasteiger partial charge in [-0.25, -0.2) is 4.98 Å². The molecule has 1 heterocycles.